The van der Waals surface area contributed by atoms with Gasteiger partial charge in [0.05, 0.1) is 0 Å². The number of hydrogen-bond acceptors (Lipinski definition) is 6. The van der Waals surface area contributed by atoms with Gasteiger partial charge in [0, 0.05) is 19.3 Å². The van der Waals surface area contributed by atoms with Crippen molar-refractivity contribution in [1.29, 1.82) is 0 Å². The molecule has 0 aliphatic rings. The highest BCUT2D eigenvalue weighted by Gasteiger charge is 2.19. The van der Waals surface area contributed by atoms with Crippen molar-refractivity contribution < 1.29 is 28.6 Å². The fraction of sp³-hybridized carbons (Fsp3) is 0.738. The minimum absolute atomic E-state index is 0.0835. The van der Waals surface area contributed by atoms with Crippen LogP contribution in [-0.4, -0.2) is 37.2 Å². The summed E-state index contributed by atoms with van der Waals surface area (Å²) in [5.41, 5.74) is 0. The van der Waals surface area contributed by atoms with Crippen LogP contribution in [0.2, 0.25) is 0 Å². The summed E-state index contributed by atoms with van der Waals surface area (Å²) in [7, 11) is 0. The van der Waals surface area contributed by atoms with Gasteiger partial charge in [-0.15, -0.1) is 0 Å². The van der Waals surface area contributed by atoms with E-state index in [9.17, 15) is 14.4 Å². The highest BCUT2D eigenvalue weighted by molar-refractivity contribution is 5.71. The number of rotatable bonds is 54. The largest absolute Gasteiger partial charge is 0.462 e. The van der Waals surface area contributed by atoms with Gasteiger partial charge >= 0.3 is 17.9 Å². The monoisotopic (exact) mass is 989 g/mol. The highest BCUT2D eigenvalue weighted by atomic mass is 16.6. The van der Waals surface area contributed by atoms with Gasteiger partial charge in [-0.3, -0.25) is 14.4 Å². The lowest BCUT2D eigenvalue weighted by atomic mass is 10.0. The van der Waals surface area contributed by atoms with Crippen LogP contribution in [0.5, 0.6) is 0 Å². The quantitative estimate of drug-likeness (QED) is 0.0261. The minimum atomic E-state index is -0.788. The van der Waals surface area contributed by atoms with Gasteiger partial charge < -0.3 is 14.2 Å². The second-order valence-electron chi connectivity index (χ2n) is 19.9. The summed E-state index contributed by atoms with van der Waals surface area (Å²) in [6, 6.07) is 0. The molecular weight excluding hydrogens is 877 g/mol. The predicted octanol–water partition coefficient (Wildman–Crippen LogP) is 20.3. The van der Waals surface area contributed by atoms with Crippen molar-refractivity contribution in [3.8, 4) is 0 Å². The van der Waals surface area contributed by atoms with E-state index in [0.717, 1.165) is 122 Å². The molecule has 0 radical (unpaired) electrons. The van der Waals surface area contributed by atoms with Crippen LogP contribution in [0.4, 0.5) is 0 Å². The van der Waals surface area contributed by atoms with Gasteiger partial charge in [0.25, 0.3) is 0 Å². The number of esters is 3. The van der Waals surface area contributed by atoms with E-state index in [-0.39, 0.29) is 31.1 Å². The van der Waals surface area contributed by atoms with Crippen LogP contribution in [-0.2, 0) is 28.6 Å². The molecule has 0 aliphatic heterocycles. The topological polar surface area (TPSA) is 78.9 Å². The zero-order valence-corrected chi connectivity index (χ0v) is 46.7. The smallest absolute Gasteiger partial charge is 0.306 e. The van der Waals surface area contributed by atoms with Crippen LogP contribution in [0, 0.1) is 0 Å². The molecule has 6 nitrogen and oxygen atoms in total. The fourth-order valence-electron chi connectivity index (χ4n) is 8.38. The van der Waals surface area contributed by atoms with Gasteiger partial charge in [0.2, 0.25) is 0 Å². The lowest BCUT2D eigenvalue weighted by Gasteiger charge is -2.18. The summed E-state index contributed by atoms with van der Waals surface area (Å²) in [6.07, 6.45) is 77.1. The Bertz CT molecular complexity index is 1370. The third-order valence-electron chi connectivity index (χ3n) is 12.9. The van der Waals surface area contributed by atoms with E-state index < -0.39 is 6.10 Å². The molecule has 0 spiro atoms. The Morgan fingerprint density at radius 1 is 0.296 bits per heavy atom. The van der Waals surface area contributed by atoms with Crippen LogP contribution >= 0.6 is 0 Å². The molecule has 408 valence electrons. The predicted molar refractivity (Wildman–Crippen MR) is 307 cm³/mol. The first-order valence-electron chi connectivity index (χ1n) is 30.1. The second-order valence-corrected chi connectivity index (χ2v) is 19.9. The molecule has 6 heteroatoms. The molecule has 0 heterocycles. The molecule has 0 saturated heterocycles. The van der Waals surface area contributed by atoms with Crippen molar-refractivity contribution in [3.63, 3.8) is 0 Å². The molecule has 1 atom stereocenters. The highest BCUT2D eigenvalue weighted by Crippen LogP contribution is 2.16. The number of unbranched alkanes of at least 4 members (excludes halogenated alkanes) is 29. The van der Waals surface area contributed by atoms with E-state index in [2.05, 4.69) is 106 Å². The molecule has 1 unspecified atom stereocenters. The van der Waals surface area contributed by atoms with E-state index >= 15 is 0 Å². The van der Waals surface area contributed by atoms with Crippen LogP contribution in [0.1, 0.15) is 290 Å². The number of carbonyl (C=O) groups excluding carboxylic acids is 3. The normalized spacial score (nSPS) is 12.7. The first kappa shape index (κ1) is 67.6. The molecule has 0 amide bonds. The maximum absolute atomic E-state index is 12.9. The molecule has 0 N–H and O–H groups in total. The number of ether oxygens (including phenoxy) is 3. The average Bonchev–Trinajstić information content (AvgIpc) is 3.37. The van der Waals surface area contributed by atoms with Gasteiger partial charge in [0.1, 0.15) is 13.2 Å². The number of hydrogen-bond donors (Lipinski definition) is 0. The van der Waals surface area contributed by atoms with E-state index in [1.807, 2.05) is 0 Å². The maximum Gasteiger partial charge on any atom is 0.306 e. The van der Waals surface area contributed by atoms with Crippen molar-refractivity contribution in [2.45, 2.75) is 297 Å². The maximum atomic E-state index is 12.9. The van der Waals surface area contributed by atoms with Gasteiger partial charge in [-0.25, -0.2) is 0 Å². The second kappa shape index (κ2) is 59.2. The summed E-state index contributed by atoms with van der Waals surface area (Å²) >= 11 is 0. The molecular formula is C65H112O6. The van der Waals surface area contributed by atoms with Gasteiger partial charge in [-0.05, 0) is 96.3 Å². The molecule has 0 saturated carbocycles. The minimum Gasteiger partial charge on any atom is -0.462 e. The third kappa shape index (κ3) is 57.4. The molecule has 0 aromatic rings. The standard InChI is InChI=1S/C65H112O6/c1-4-7-10-13-16-19-22-25-28-30-31-32-33-34-35-36-38-40-43-46-49-52-55-58-64(67)70-61-62(60-69-63(66)57-54-51-48-45-42-39-27-24-21-18-15-12-9-6-3)71-65(68)59-56-53-50-47-44-41-37-29-26-23-20-17-14-11-8-5-2/h7,10,16,19-20,23,25,28-29,31-32,34-35,37,62H,4-6,8-9,11-15,17-18,21-22,24,26-27,30,33,36,38-61H2,1-3H3/b10-7-,19-16-,23-20-,28-25-,32-31-,35-34-,37-29-. The van der Waals surface area contributed by atoms with Crippen LogP contribution in [0.25, 0.3) is 0 Å². The average molecular weight is 990 g/mol. The van der Waals surface area contributed by atoms with Crippen molar-refractivity contribution in [2.24, 2.45) is 0 Å². The van der Waals surface area contributed by atoms with Gasteiger partial charge in [-0.1, -0.05) is 260 Å². The van der Waals surface area contributed by atoms with Crippen LogP contribution in [0.15, 0.2) is 85.1 Å². The van der Waals surface area contributed by atoms with Crippen molar-refractivity contribution >= 4 is 17.9 Å². The van der Waals surface area contributed by atoms with Crippen LogP contribution in [0.3, 0.4) is 0 Å². The SMILES string of the molecule is CC/C=C\C/C=C\C/C=C\C/C=C\C/C=C\CCCCCCCCCC(=O)OCC(COC(=O)CCCCCCCCCCCCCCCC)OC(=O)CCCCCCC/C=C\C/C=C\CCCCCC. The molecule has 0 aromatic heterocycles. The molecule has 0 bridgehead atoms. The summed E-state index contributed by atoms with van der Waals surface area (Å²) in [4.78, 5) is 38.2. The molecule has 71 heavy (non-hydrogen) atoms. The summed E-state index contributed by atoms with van der Waals surface area (Å²) in [5.74, 6) is -0.899. The molecule has 0 fully saturated rings. The van der Waals surface area contributed by atoms with Gasteiger partial charge in [-0.2, -0.15) is 0 Å². The van der Waals surface area contributed by atoms with Crippen molar-refractivity contribution in [3.05, 3.63) is 85.1 Å². The third-order valence-corrected chi connectivity index (χ3v) is 12.9. The fourth-order valence-corrected chi connectivity index (χ4v) is 8.38. The lowest BCUT2D eigenvalue weighted by Crippen LogP contribution is -2.30. The zero-order chi connectivity index (χ0) is 51.4. The first-order valence-corrected chi connectivity index (χ1v) is 30.1. The Morgan fingerprint density at radius 2 is 0.549 bits per heavy atom. The number of carbonyl (C=O) groups is 3. The van der Waals surface area contributed by atoms with E-state index in [0.29, 0.717) is 19.3 Å². The Balaban J connectivity index is 4.38. The lowest BCUT2D eigenvalue weighted by molar-refractivity contribution is -0.167. The Hall–Kier alpha value is -3.41. The first-order chi connectivity index (χ1) is 35.0. The van der Waals surface area contributed by atoms with Crippen molar-refractivity contribution in [2.75, 3.05) is 13.2 Å². The summed E-state index contributed by atoms with van der Waals surface area (Å²) in [5, 5.41) is 0. The number of allylic oxidation sites excluding steroid dienone is 14. The molecule has 0 rings (SSSR count). The van der Waals surface area contributed by atoms with Crippen LogP contribution < -0.4 is 0 Å². The zero-order valence-electron chi connectivity index (χ0n) is 46.7. The van der Waals surface area contributed by atoms with Crippen molar-refractivity contribution in [1.82, 2.24) is 0 Å². The Labute approximate surface area is 439 Å². The van der Waals surface area contributed by atoms with E-state index in [4.69, 9.17) is 14.2 Å². The Kier molecular flexibility index (Phi) is 56.3. The van der Waals surface area contributed by atoms with E-state index in [1.54, 1.807) is 0 Å². The molecule has 0 aromatic carbocycles. The van der Waals surface area contributed by atoms with Gasteiger partial charge in [0.15, 0.2) is 6.10 Å². The van der Waals surface area contributed by atoms with E-state index in [1.165, 1.54) is 128 Å². The Morgan fingerprint density at radius 3 is 0.873 bits per heavy atom. The summed E-state index contributed by atoms with van der Waals surface area (Å²) in [6.45, 7) is 6.51. The summed E-state index contributed by atoms with van der Waals surface area (Å²) < 4.78 is 16.9. The molecule has 0 aliphatic carbocycles.